The fourth-order valence-corrected chi connectivity index (χ4v) is 3.73. The maximum Gasteiger partial charge on any atom is 0.310 e. The standard InChI is InChI=1S/C23H25N3O4/c1-2-29-23(28)18-8-6-12-26(14-18)22(27)17-7-5-9-20(13-17)30-16-19-15-25-11-4-3-10-21(25)24-19/h3-5,7,9-11,13,15,18H,2,6,8,12,14,16H2,1H3. The number of hydrogen-bond acceptors (Lipinski definition) is 5. The average Bonchev–Trinajstić information content (AvgIpc) is 3.21. The van der Waals surface area contributed by atoms with Gasteiger partial charge in [-0.3, -0.25) is 9.59 Å². The van der Waals surface area contributed by atoms with Crippen molar-refractivity contribution in [3.63, 3.8) is 0 Å². The Bertz CT molecular complexity index is 1010. The van der Waals surface area contributed by atoms with E-state index in [-0.39, 0.29) is 17.8 Å². The normalized spacial score (nSPS) is 16.4. The van der Waals surface area contributed by atoms with Gasteiger partial charge in [0.05, 0.1) is 18.2 Å². The van der Waals surface area contributed by atoms with Crippen LogP contribution in [0, 0.1) is 5.92 Å². The second-order valence-corrected chi connectivity index (χ2v) is 7.36. The van der Waals surface area contributed by atoms with Crippen molar-refractivity contribution >= 4 is 17.5 Å². The van der Waals surface area contributed by atoms with Crippen molar-refractivity contribution in [1.29, 1.82) is 0 Å². The molecule has 4 rings (SSSR count). The molecule has 1 aliphatic rings. The van der Waals surface area contributed by atoms with Crippen molar-refractivity contribution in [2.45, 2.75) is 26.4 Å². The third-order valence-corrected chi connectivity index (χ3v) is 5.21. The van der Waals surface area contributed by atoms with Gasteiger partial charge in [-0.1, -0.05) is 12.1 Å². The van der Waals surface area contributed by atoms with Gasteiger partial charge in [-0.2, -0.15) is 0 Å². The molecule has 7 heteroatoms. The fraction of sp³-hybridized carbons (Fsp3) is 0.348. The quantitative estimate of drug-likeness (QED) is 0.586. The van der Waals surface area contributed by atoms with Crippen LogP contribution in [0.1, 0.15) is 35.8 Å². The summed E-state index contributed by atoms with van der Waals surface area (Å²) in [6, 6.07) is 13.0. The zero-order valence-corrected chi connectivity index (χ0v) is 17.0. The number of rotatable bonds is 6. The Labute approximate surface area is 175 Å². The smallest absolute Gasteiger partial charge is 0.310 e. The Hall–Kier alpha value is -3.35. The van der Waals surface area contributed by atoms with Gasteiger partial charge < -0.3 is 18.8 Å². The minimum atomic E-state index is -0.253. The highest BCUT2D eigenvalue weighted by atomic mass is 16.5. The lowest BCUT2D eigenvalue weighted by Crippen LogP contribution is -2.42. The van der Waals surface area contributed by atoms with Crippen LogP contribution in [-0.4, -0.2) is 45.9 Å². The molecule has 2 aromatic heterocycles. The SMILES string of the molecule is CCOC(=O)C1CCCN(C(=O)c2cccc(OCc3cn4ccccc4n3)c2)C1. The summed E-state index contributed by atoms with van der Waals surface area (Å²) in [5.41, 5.74) is 2.22. The number of piperidine rings is 1. The van der Waals surface area contributed by atoms with Crippen LogP contribution in [-0.2, 0) is 16.1 Å². The number of carbonyl (C=O) groups is 2. The van der Waals surface area contributed by atoms with Gasteiger partial charge in [0.2, 0.25) is 0 Å². The maximum absolute atomic E-state index is 13.0. The third-order valence-electron chi connectivity index (χ3n) is 5.21. The molecular weight excluding hydrogens is 382 g/mol. The Balaban J connectivity index is 1.40. The molecule has 0 spiro atoms. The number of nitrogens with zero attached hydrogens (tertiary/aromatic N) is 3. The number of aromatic nitrogens is 2. The minimum Gasteiger partial charge on any atom is -0.487 e. The highest BCUT2D eigenvalue weighted by molar-refractivity contribution is 5.95. The van der Waals surface area contributed by atoms with E-state index in [1.54, 1.807) is 30.0 Å². The predicted octanol–water partition coefficient (Wildman–Crippen LogP) is 3.33. The Morgan fingerprint density at radius 2 is 2.10 bits per heavy atom. The molecule has 1 atom stereocenters. The van der Waals surface area contributed by atoms with Gasteiger partial charge in [-0.25, -0.2) is 4.98 Å². The topological polar surface area (TPSA) is 73.1 Å². The summed E-state index contributed by atoms with van der Waals surface area (Å²) in [4.78, 5) is 31.3. The average molecular weight is 407 g/mol. The van der Waals surface area contributed by atoms with Gasteiger partial charge in [0.15, 0.2) is 0 Å². The molecule has 1 aliphatic heterocycles. The number of pyridine rings is 1. The molecule has 0 saturated carbocycles. The van der Waals surface area contributed by atoms with E-state index in [9.17, 15) is 9.59 Å². The molecule has 30 heavy (non-hydrogen) atoms. The van der Waals surface area contributed by atoms with Crippen LogP contribution < -0.4 is 4.74 Å². The highest BCUT2D eigenvalue weighted by Crippen LogP contribution is 2.22. The van der Waals surface area contributed by atoms with E-state index >= 15 is 0 Å². The van der Waals surface area contributed by atoms with Crippen molar-refractivity contribution in [3.8, 4) is 5.75 Å². The number of hydrogen-bond donors (Lipinski definition) is 0. The number of fused-ring (bicyclic) bond motifs is 1. The number of benzene rings is 1. The van der Waals surface area contributed by atoms with Gasteiger partial charge in [-0.05, 0) is 50.1 Å². The molecule has 0 aliphatic carbocycles. The van der Waals surface area contributed by atoms with Crippen LogP contribution >= 0.6 is 0 Å². The van der Waals surface area contributed by atoms with Crippen molar-refractivity contribution in [3.05, 3.63) is 66.1 Å². The van der Waals surface area contributed by atoms with E-state index < -0.39 is 0 Å². The van der Waals surface area contributed by atoms with Gasteiger partial charge in [0.1, 0.15) is 18.0 Å². The summed E-state index contributed by atoms with van der Waals surface area (Å²) in [6.45, 7) is 3.50. The lowest BCUT2D eigenvalue weighted by Gasteiger charge is -2.31. The molecule has 0 radical (unpaired) electrons. The largest absolute Gasteiger partial charge is 0.487 e. The fourth-order valence-electron chi connectivity index (χ4n) is 3.73. The monoisotopic (exact) mass is 407 g/mol. The maximum atomic E-state index is 13.0. The van der Waals surface area contributed by atoms with Gasteiger partial charge >= 0.3 is 5.97 Å². The highest BCUT2D eigenvalue weighted by Gasteiger charge is 2.29. The first-order valence-electron chi connectivity index (χ1n) is 10.3. The lowest BCUT2D eigenvalue weighted by atomic mass is 9.97. The first kappa shape index (κ1) is 19.9. The molecule has 1 unspecified atom stereocenters. The second-order valence-electron chi connectivity index (χ2n) is 7.36. The van der Waals surface area contributed by atoms with Crippen LogP contribution in [0.3, 0.4) is 0 Å². The van der Waals surface area contributed by atoms with E-state index in [0.717, 1.165) is 24.2 Å². The summed E-state index contributed by atoms with van der Waals surface area (Å²) in [7, 11) is 0. The molecule has 0 bridgehead atoms. The summed E-state index contributed by atoms with van der Waals surface area (Å²) in [6.07, 6.45) is 5.41. The van der Waals surface area contributed by atoms with Crippen molar-refractivity contribution in [2.75, 3.05) is 19.7 Å². The molecule has 3 heterocycles. The minimum absolute atomic E-state index is 0.0952. The van der Waals surface area contributed by atoms with Crippen LogP contribution in [0.4, 0.5) is 0 Å². The molecule has 1 saturated heterocycles. The van der Waals surface area contributed by atoms with Gasteiger partial charge in [0.25, 0.3) is 5.91 Å². The zero-order valence-electron chi connectivity index (χ0n) is 17.0. The molecule has 3 aromatic rings. The van der Waals surface area contributed by atoms with Gasteiger partial charge in [0, 0.05) is 31.0 Å². The summed E-state index contributed by atoms with van der Waals surface area (Å²) in [5.74, 6) is 0.0377. The molecule has 1 aromatic carbocycles. The lowest BCUT2D eigenvalue weighted by molar-refractivity contribution is -0.149. The zero-order chi connectivity index (χ0) is 20.9. The third kappa shape index (κ3) is 4.45. The van der Waals surface area contributed by atoms with Crippen molar-refractivity contribution in [2.24, 2.45) is 5.92 Å². The first-order valence-corrected chi connectivity index (χ1v) is 10.3. The molecule has 156 valence electrons. The Kier molecular flexibility index (Phi) is 5.97. The number of amides is 1. The van der Waals surface area contributed by atoms with E-state index in [1.807, 2.05) is 41.1 Å². The number of ether oxygens (including phenoxy) is 2. The van der Waals surface area contributed by atoms with E-state index in [0.29, 0.717) is 37.6 Å². The Morgan fingerprint density at radius 1 is 1.20 bits per heavy atom. The summed E-state index contributed by atoms with van der Waals surface area (Å²) >= 11 is 0. The number of imidazole rings is 1. The van der Waals surface area contributed by atoms with Crippen LogP contribution in [0.5, 0.6) is 5.75 Å². The molecule has 1 fully saturated rings. The van der Waals surface area contributed by atoms with Crippen molar-refractivity contribution < 1.29 is 19.1 Å². The number of esters is 1. The molecule has 7 nitrogen and oxygen atoms in total. The molecule has 1 amide bonds. The van der Waals surface area contributed by atoms with Crippen LogP contribution in [0.15, 0.2) is 54.9 Å². The van der Waals surface area contributed by atoms with E-state index in [1.165, 1.54) is 0 Å². The van der Waals surface area contributed by atoms with Crippen LogP contribution in [0.25, 0.3) is 5.65 Å². The number of carbonyl (C=O) groups excluding carboxylic acids is 2. The predicted molar refractivity (Wildman–Crippen MR) is 111 cm³/mol. The summed E-state index contributed by atoms with van der Waals surface area (Å²) in [5, 5.41) is 0. The molecule has 0 N–H and O–H groups in total. The second kappa shape index (κ2) is 8.98. The van der Waals surface area contributed by atoms with Crippen LogP contribution in [0.2, 0.25) is 0 Å². The van der Waals surface area contributed by atoms with Crippen molar-refractivity contribution in [1.82, 2.24) is 14.3 Å². The summed E-state index contributed by atoms with van der Waals surface area (Å²) < 4.78 is 12.9. The first-order chi connectivity index (χ1) is 14.6. The molecular formula is C23H25N3O4. The van der Waals surface area contributed by atoms with Gasteiger partial charge in [-0.15, -0.1) is 0 Å². The Morgan fingerprint density at radius 3 is 2.93 bits per heavy atom. The number of likely N-dealkylation sites (tertiary alicyclic amines) is 1. The van der Waals surface area contributed by atoms with E-state index in [4.69, 9.17) is 9.47 Å². The van der Waals surface area contributed by atoms with E-state index in [2.05, 4.69) is 4.98 Å².